The number of likely N-dealkylation sites (tertiary alicyclic amines) is 1. The fraction of sp³-hybridized carbons (Fsp3) is 0.941. The van der Waals surface area contributed by atoms with E-state index < -0.39 is 0 Å². The molecule has 1 N–H and O–H groups in total. The summed E-state index contributed by atoms with van der Waals surface area (Å²) in [6.07, 6.45) is 2.74. The Hall–Kier alpha value is -0.0400. The van der Waals surface area contributed by atoms with Crippen molar-refractivity contribution in [3.63, 3.8) is 0 Å². The topological polar surface area (TPSA) is 30.9 Å². The van der Waals surface area contributed by atoms with E-state index in [4.69, 9.17) is 4.99 Å². The predicted molar refractivity (Wildman–Crippen MR) is 106 cm³/mol. The van der Waals surface area contributed by atoms with E-state index in [2.05, 4.69) is 63.8 Å². The van der Waals surface area contributed by atoms with Crippen molar-refractivity contribution >= 4 is 29.9 Å². The summed E-state index contributed by atoms with van der Waals surface area (Å²) >= 11 is 0. The van der Waals surface area contributed by atoms with Crippen LogP contribution in [0.5, 0.6) is 0 Å². The zero-order valence-corrected chi connectivity index (χ0v) is 17.8. The molecule has 4 nitrogen and oxygen atoms in total. The second-order valence-corrected chi connectivity index (χ2v) is 8.09. The van der Waals surface area contributed by atoms with Gasteiger partial charge in [0.2, 0.25) is 0 Å². The zero-order chi connectivity index (χ0) is 15.8. The van der Waals surface area contributed by atoms with Crippen LogP contribution in [0.3, 0.4) is 0 Å². The highest BCUT2D eigenvalue weighted by molar-refractivity contribution is 14.0. The summed E-state index contributed by atoms with van der Waals surface area (Å²) in [6.45, 7) is 14.4. The molecule has 1 atom stereocenters. The average Bonchev–Trinajstić information content (AvgIpc) is 3.19. The molecule has 1 aliphatic heterocycles. The van der Waals surface area contributed by atoms with E-state index in [1.54, 1.807) is 0 Å². The number of hydrogen-bond donors (Lipinski definition) is 1. The van der Waals surface area contributed by atoms with Crippen molar-refractivity contribution in [3.05, 3.63) is 0 Å². The maximum atomic E-state index is 4.97. The van der Waals surface area contributed by atoms with Crippen molar-refractivity contribution in [1.29, 1.82) is 0 Å². The lowest BCUT2D eigenvalue weighted by atomic mass is 9.65. The Kier molecular flexibility index (Phi) is 6.58. The molecule has 22 heavy (non-hydrogen) atoms. The maximum Gasteiger partial charge on any atom is 0.194 e. The third kappa shape index (κ3) is 3.89. The van der Waals surface area contributed by atoms with E-state index in [1.165, 1.54) is 12.8 Å². The molecule has 0 aromatic heterocycles. The second-order valence-electron chi connectivity index (χ2n) is 8.09. The Labute approximate surface area is 154 Å². The van der Waals surface area contributed by atoms with Gasteiger partial charge in [0.1, 0.15) is 0 Å². The smallest absolute Gasteiger partial charge is 0.194 e. The molecule has 1 unspecified atom stereocenters. The fourth-order valence-electron chi connectivity index (χ4n) is 3.19. The predicted octanol–water partition coefficient (Wildman–Crippen LogP) is 3.03. The monoisotopic (exact) mass is 422 g/mol. The summed E-state index contributed by atoms with van der Waals surface area (Å²) in [5.74, 6) is 1.95. The molecule has 0 bridgehead atoms. The fourth-order valence-corrected chi connectivity index (χ4v) is 3.19. The van der Waals surface area contributed by atoms with Crippen LogP contribution in [-0.4, -0.2) is 61.1 Å². The van der Waals surface area contributed by atoms with Gasteiger partial charge in [-0.15, -0.1) is 24.0 Å². The Morgan fingerprint density at radius 2 is 1.86 bits per heavy atom. The summed E-state index contributed by atoms with van der Waals surface area (Å²) in [5.41, 5.74) is 0.516. The minimum atomic E-state index is 0. The summed E-state index contributed by atoms with van der Waals surface area (Å²) in [4.78, 5) is 9.75. The van der Waals surface area contributed by atoms with Crippen molar-refractivity contribution < 1.29 is 0 Å². The molecule has 0 radical (unpaired) electrons. The SMILES string of the molecule is CCNC(=NCC(C1CC1)N(C)C)N1CC(C)(C)C1(C)C.I. The molecule has 1 saturated heterocycles. The van der Waals surface area contributed by atoms with Gasteiger partial charge in [0.15, 0.2) is 5.96 Å². The van der Waals surface area contributed by atoms with Gasteiger partial charge in [0.05, 0.1) is 6.54 Å². The molecule has 130 valence electrons. The van der Waals surface area contributed by atoms with Crippen molar-refractivity contribution in [2.24, 2.45) is 16.3 Å². The van der Waals surface area contributed by atoms with Crippen LogP contribution in [0, 0.1) is 11.3 Å². The number of rotatable bonds is 5. The summed E-state index contributed by atoms with van der Waals surface area (Å²) < 4.78 is 0. The van der Waals surface area contributed by atoms with Gasteiger partial charge in [-0.1, -0.05) is 13.8 Å². The molecule has 2 rings (SSSR count). The number of nitrogens with zero attached hydrogens (tertiary/aromatic N) is 3. The van der Waals surface area contributed by atoms with Gasteiger partial charge < -0.3 is 15.1 Å². The average molecular weight is 422 g/mol. The Balaban J connectivity index is 0.00000242. The third-order valence-corrected chi connectivity index (χ3v) is 5.73. The maximum absolute atomic E-state index is 4.97. The highest BCUT2D eigenvalue weighted by Crippen LogP contribution is 2.46. The van der Waals surface area contributed by atoms with E-state index in [-0.39, 0.29) is 29.5 Å². The number of likely N-dealkylation sites (N-methyl/N-ethyl adjacent to an activating group) is 1. The van der Waals surface area contributed by atoms with Gasteiger partial charge in [-0.25, -0.2) is 0 Å². The van der Waals surface area contributed by atoms with Crippen LogP contribution in [-0.2, 0) is 0 Å². The lowest BCUT2D eigenvalue weighted by Crippen LogP contribution is -2.72. The van der Waals surface area contributed by atoms with Crippen LogP contribution in [0.1, 0.15) is 47.5 Å². The molecule has 2 fully saturated rings. The molecule has 0 spiro atoms. The highest BCUT2D eigenvalue weighted by atomic mass is 127. The summed E-state index contributed by atoms with van der Waals surface area (Å²) in [6, 6.07) is 0.594. The quantitative estimate of drug-likeness (QED) is 0.420. The lowest BCUT2D eigenvalue weighted by molar-refractivity contribution is -0.0668. The Morgan fingerprint density at radius 1 is 1.27 bits per heavy atom. The first kappa shape index (κ1) is 20.0. The first-order valence-electron chi connectivity index (χ1n) is 8.43. The normalized spacial score (nSPS) is 24.5. The molecule has 1 saturated carbocycles. The van der Waals surface area contributed by atoms with Crippen LogP contribution in [0.15, 0.2) is 4.99 Å². The van der Waals surface area contributed by atoms with Gasteiger partial charge in [0.25, 0.3) is 0 Å². The summed E-state index contributed by atoms with van der Waals surface area (Å²) in [7, 11) is 4.37. The molecule has 2 aliphatic rings. The van der Waals surface area contributed by atoms with Gasteiger partial charge in [-0.2, -0.15) is 0 Å². The van der Waals surface area contributed by atoms with E-state index in [1.807, 2.05) is 0 Å². The van der Waals surface area contributed by atoms with E-state index in [0.29, 0.717) is 11.5 Å². The van der Waals surface area contributed by atoms with Gasteiger partial charge in [-0.3, -0.25) is 4.99 Å². The molecule has 1 aliphatic carbocycles. The van der Waals surface area contributed by atoms with E-state index in [9.17, 15) is 0 Å². The first-order valence-corrected chi connectivity index (χ1v) is 8.43. The van der Waals surface area contributed by atoms with Crippen molar-refractivity contribution in [2.45, 2.75) is 59.0 Å². The van der Waals surface area contributed by atoms with Crippen LogP contribution < -0.4 is 5.32 Å². The number of nitrogens with one attached hydrogen (secondary N) is 1. The molecule has 1 heterocycles. The van der Waals surface area contributed by atoms with Crippen LogP contribution >= 0.6 is 24.0 Å². The number of aliphatic imine (C=N–C) groups is 1. The van der Waals surface area contributed by atoms with Crippen molar-refractivity contribution in [2.75, 3.05) is 33.7 Å². The van der Waals surface area contributed by atoms with Gasteiger partial charge in [0, 0.05) is 30.1 Å². The standard InChI is InChI=1S/C17H34N4.HI/c1-8-18-15(21-12-16(2,3)17(21,4)5)19-11-14(20(6)7)13-9-10-13;/h13-14H,8-12H2,1-7H3,(H,18,19);1H. The van der Waals surface area contributed by atoms with Gasteiger partial charge >= 0.3 is 0 Å². The summed E-state index contributed by atoms with van der Waals surface area (Å²) in [5, 5.41) is 3.49. The zero-order valence-electron chi connectivity index (χ0n) is 15.4. The van der Waals surface area contributed by atoms with Crippen molar-refractivity contribution in [1.82, 2.24) is 15.1 Å². The highest BCUT2D eigenvalue weighted by Gasteiger charge is 2.53. The van der Waals surface area contributed by atoms with Crippen LogP contribution in [0.25, 0.3) is 0 Å². The molecular weight excluding hydrogens is 387 g/mol. The Morgan fingerprint density at radius 3 is 2.23 bits per heavy atom. The van der Waals surface area contributed by atoms with Crippen LogP contribution in [0.4, 0.5) is 0 Å². The number of hydrogen-bond acceptors (Lipinski definition) is 2. The number of halogens is 1. The molecule has 5 heteroatoms. The first-order chi connectivity index (χ1) is 9.70. The Bertz CT molecular complexity index is 397. The molecule has 0 aromatic rings. The molecular formula is C17H35IN4. The largest absolute Gasteiger partial charge is 0.356 e. The van der Waals surface area contributed by atoms with Crippen LogP contribution in [0.2, 0.25) is 0 Å². The number of guanidine groups is 1. The lowest BCUT2D eigenvalue weighted by Gasteiger charge is -2.62. The minimum absolute atomic E-state index is 0. The second kappa shape index (κ2) is 7.24. The van der Waals surface area contributed by atoms with Crippen molar-refractivity contribution in [3.8, 4) is 0 Å². The minimum Gasteiger partial charge on any atom is -0.356 e. The molecule has 0 aromatic carbocycles. The third-order valence-electron chi connectivity index (χ3n) is 5.73. The molecule has 0 amide bonds. The van der Waals surface area contributed by atoms with Gasteiger partial charge in [-0.05, 0) is 53.6 Å². The van der Waals surface area contributed by atoms with E-state index in [0.717, 1.165) is 31.5 Å². The van der Waals surface area contributed by atoms with E-state index >= 15 is 0 Å².